The number of hydrogen-bond donors (Lipinski definition) is 0. The van der Waals surface area contributed by atoms with Crippen molar-refractivity contribution in [3.63, 3.8) is 0 Å². The van der Waals surface area contributed by atoms with Gasteiger partial charge in [-0.2, -0.15) is 0 Å². The maximum absolute atomic E-state index is 5.28. The normalized spacial score (nSPS) is 10.5. The number of thiophene rings is 1. The lowest BCUT2D eigenvalue weighted by molar-refractivity contribution is 0.543. The Morgan fingerprint density at radius 2 is 2.17 bits per heavy atom. The lowest BCUT2D eigenvalue weighted by Crippen LogP contribution is -1.59. The fraction of sp³-hybridized carbons (Fsp3) is 0. The lowest BCUT2D eigenvalue weighted by atomic mass is 10.4. The van der Waals surface area contributed by atoms with Crippen LogP contribution in [-0.2, 0) is 0 Å². The molecule has 0 saturated carbocycles. The van der Waals surface area contributed by atoms with Crippen molar-refractivity contribution in [2.75, 3.05) is 0 Å². The van der Waals surface area contributed by atoms with E-state index in [0.29, 0.717) is 4.80 Å². The number of hydrogen-bond acceptors (Lipinski definition) is 3. The molecule has 0 atom stereocenters. The van der Waals surface area contributed by atoms with Gasteiger partial charge in [0.25, 0.3) is 4.80 Å². The molecule has 0 aliphatic carbocycles. The second-order valence-electron chi connectivity index (χ2n) is 2.08. The van der Waals surface area contributed by atoms with Gasteiger partial charge in [-0.25, -0.2) is 4.98 Å². The Morgan fingerprint density at radius 1 is 1.33 bits per heavy atom. The van der Waals surface area contributed by atoms with Gasteiger partial charge in [-0.3, -0.25) is 0 Å². The molecule has 2 nitrogen and oxygen atoms in total. The lowest BCUT2D eigenvalue weighted by Gasteiger charge is -1.85. The predicted octanol–water partition coefficient (Wildman–Crippen LogP) is 3.93. The fourth-order valence-electron chi connectivity index (χ4n) is 0.813. The van der Waals surface area contributed by atoms with E-state index in [4.69, 9.17) is 4.42 Å². The summed E-state index contributed by atoms with van der Waals surface area (Å²) < 4.78 is 6.37. The van der Waals surface area contributed by atoms with Crippen LogP contribution in [0, 0.1) is 0 Å². The first-order valence-electron chi connectivity index (χ1n) is 3.13. The first kappa shape index (κ1) is 8.47. The molecular formula is C7H3Br2NOS. The SMILES string of the molecule is Brc1ncc(-c2ccc(Br)s2)o1. The van der Waals surface area contributed by atoms with E-state index in [-0.39, 0.29) is 0 Å². The second kappa shape index (κ2) is 3.32. The summed E-state index contributed by atoms with van der Waals surface area (Å²) in [6.07, 6.45) is 1.70. The molecule has 0 aliphatic rings. The largest absolute Gasteiger partial charge is 0.430 e. The van der Waals surface area contributed by atoms with E-state index < -0.39 is 0 Å². The van der Waals surface area contributed by atoms with Crippen LogP contribution in [0.1, 0.15) is 0 Å². The summed E-state index contributed by atoms with van der Waals surface area (Å²) in [4.78, 5) is 5.53. The highest BCUT2D eigenvalue weighted by Gasteiger charge is 2.06. The third kappa shape index (κ3) is 1.62. The van der Waals surface area contributed by atoms with Gasteiger partial charge in [0, 0.05) is 15.9 Å². The van der Waals surface area contributed by atoms with Crippen molar-refractivity contribution >= 4 is 43.2 Å². The second-order valence-corrected chi connectivity index (χ2v) is 5.22. The van der Waals surface area contributed by atoms with Crippen molar-refractivity contribution in [3.05, 3.63) is 26.9 Å². The molecule has 0 N–H and O–H groups in total. The Morgan fingerprint density at radius 3 is 2.67 bits per heavy atom. The molecular weight excluding hydrogens is 306 g/mol. The molecule has 2 rings (SSSR count). The summed E-state index contributed by atoms with van der Waals surface area (Å²) in [6.45, 7) is 0. The maximum atomic E-state index is 5.28. The van der Waals surface area contributed by atoms with Gasteiger partial charge in [0.15, 0.2) is 5.76 Å². The quantitative estimate of drug-likeness (QED) is 0.798. The topological polar surface area (TPSA) is 26.0 Å². The average Bonchev–Trinajstić information content (AvgIpc) is 2.58. The van der Waals surface area contributed by atoms with Gasteiger partial charge in [-0.1, -0.05) is 0 Å². The van der Waals surface area contributed by atoms with Crippen LogP contribution < -0.4 is 0 Å². The van der Waals surface area contributed by atoms with Crippen molar-refractivity contribution in [1.29, 1.82) is 0 Å². The van der Waals surface area contributed by atoms with Crippen LogP contribution in [0.5, 0.6) is 0 Å². The summed E-state index contributed by atoms with van der Waals surface area (Å²) in [6, 6.07) is 3.97. The van der Waals surface area contributed by atoms with Crippen molar-refractivity contribution in [2.24, 2.45) is 0 Å². The van der Waals surface area contributed by atoms with Crippen LogP contribution in [0.4, 0.5) is 0 Å². The van der Waals surface area contributed by atoms with E-state index in [9.17, 15) is 0 Å². The first-order valence-corrected chi connectivity index (χ1v) is 5.53. The van der Waals surface area contributed by atoms with E-state index in [1.165, 1.54) is 0 Å². The van der Waals surface area contributed by atoms with Crippen molar-refractivity contribution in [1.82, 2.24) is 4.98 Å². The van der Waals surface area contributed by atoms with Crippen molar-refractivity contribution in [3.8, 4) is 10.6 Å². The van der Waals surface area contributed by atoms with E-state index in [1.54, 1.807) is 17.5 Å². The number of aromatic nitrogens is 1. The monoisotopic (exact) mass is 307 g/mol. The average molecular weight is 309 g/mol. The molecule has 0 radical (unpaired) electrons. The van der Waals surface area contributed by atoms with Gasteiger partial charge in [0.2, 0.25) is 0 Å². The highest BCUT2D eigenvalue weighted by molar-refractivity contribution is 9.11. The minimum atomic E-state index is 0.516. The smallest absolute Gasteiger partial charge is 0.264 e. The van der Waals surface area contributed by atoms with Gasteiger partial charge < -0.3 is 4.42 Å². The van der Waals surface area contributed by atoms with Gasteiger partial charge in [-0.05, 0) is 28.1 Å². The standard InChI is InChI=1S/C7H3Br2NOS/c8-6-2-1-5(12-6)4-3-10-7(9)11-4/h1-3H. The summed E-state index contributed by atoms with van der Waals surface area (Å²) in [5.41, 5.74) is 0. The maximum Gasteiger partial charge on any atom is 0.264 e. The van der Waals surface area contributed by atoms with Crippen LogP contribution in [0.15, 0.2) is 31.3 Å². The Bertz CT molecular complexity index is 357. The highest BCUT2D eigenvalue weighted by Crippen LogP contribution is 2.32. The van der Waals surface area contributed by atoms with E-state index in [0.717, 1.165) is 14.4 Å². The van der Waals surface area contributed by atoms with E-state index >= 15 is 0 Å². The van der Waals surface area contributed by atoms with E-state index in [2.05, 4.69) is 36.8 Å². The van der Waals surface area contributed by atoms with Crippen LogP contribution in [0.25, 0.3) is 10.6 Å². The third-order valence-electron chi connectivity index (χ3n) is 1.29. The van der Waals surface area contributed by atoms with Crippen molar-refractivity contribution < 1.29 is 4.42 Å². The highest BCUT2D eigenvalue weighted by atomic mass is 79.9. The molecule has 2 aromatic heterocycles. The Kier molecular flexibility index (Phi) is 2.34. The van der Waals surface area contributed by atoms with E-state index in [1.807, 2.05) is 12.1 Å². The molecule has 0 aliphatic heterocycles. The number of rotatable bonds is 1. The molecule has 0 fully saturated rings. The van der Waals surface area contributed by atoms with Gasteiger partial charge in [-0.15, -0.1) is 11.3 Å². The number of halogens is 2. The Balaban J connectivity index is 2.43. The van der Waals surface area contributed by atoms with Crippen LogP contribution in [-0.4, -0.2) is 4.98 Å². The molecule has 0 unspecified atom stereocenters. The Hall–Kier alpha value is -0.130. The number of oxazole rings is 1. The Labute approximate surface area is 89.9 Å². The first-order chi connectivity index (χ1) is 5.75. The predicted molar refractivity (Wildman–Crippen MR) is 55.2 cm³/mol. The van der Waals surface area contributed by atoms with Crippen LogP contribution in [0.3, 0.4) is 0 Å². The van der Waals surface area contributed by atoms with Crippen LogP contribution >= 0.6 is 43.2 Å². The molecule has 0 bridgehead atoms. The molecule has 12 heavy (non-hydrogen) atoms. The molecule has 2 aromatic rings. The third-order valence-corrected chi connectivity index (χ3v) is 3.30. The fourth-order valence-corrected chi connectivity index (χ4v) is 2.42. The summed E-state index contributed by atoms with van der Waals surface area (Å²) in [7, 11) is 0. The molecule has 62 valence electrons. The molecule has 0 saturated heterocycles. The number of nitrogens with zero attached hydrogens (tertiary/aromatic N) is 1. The summed E-state index contributed by atoms with van der Waals surface area (Å²) in [5.74, 6) is 0.789. The van der Waals surface area contributed by atoms with Crippen LogP contribution in [0.2, 0.25) is 0 Å². The zero-order valence-corrected chi connectivity index (χ0v) is 9.74. The zero-order valence-electron chi connectivity index (χ0n) is 5.75. The van der Waals surface area contributed by atoms with Gasteiger partial charge >= 0.3 is 0 Å². The van der Waals surface area contributed by atoms with Gasteiger partial charge in [0.1, 0.15) is 0 Å². The molecule has 0 amide bonds. The minimum Gasteiger partial charge on any atom is -0.430 e. The molecule has 0 spiro atoms. The minimum absolute atomic E-state index is 0.516. The summed E-state index contributed by atoms with van der Waals surface area (Å²) >= 11 is 8.15. The molecule has 2 heterocycles. The molecule has 5 heteroatoms. The zero-order chi connectivity index (χ0) is 8.55. The molecule has 0 aromatic carbocycles. The van der Waals surface area contributed by atoms with Gasteiger partial charge in [0.05, 0.1) is 14.9 Å². The summed E-state index contributed by atoms with van der Waals surface area (Å²) in [5, 5.41) is 0. The van der Waals surface area contributed by atoms with Crippen molar-refractivity contribution in [2.45, 2.75) is 0 Å².